The Morgan fingerprint density at radius 2 is 2.03 bits per heavy atom. The maximum absolute atomic E-state index is 13.2. The van der Waals surface area contributed by atoms with E-state index in [9.17, 15) is 9.59 Å². The summed E-state index contributed by atoms with van der Waals surface area (Å²) < 4.78 is 10.4. The normalized spacial score (nSPS) is 17.2. The molecule has 0 saturated heterocycles. The molecule has 30 heavy (non-hydrogen) atoms. The number of amides is 1. The molecule has 2 aromatic rings. The van der Waals surface area contributed by atoms with E-state index >= 15 is 0 Å². The van der Waals surface area contributed by atoms with Crippen molar-refractivity contribution >= 4 is 17.6 Å². The number of likely N-dealkylation sites (N-methyl/N-ethyl adjacent to an activating group) is 1. The molecule has 1 aromatic heterocycles. The number of nitrogens with zero attached hydrogens (tertiary/aromatic N) is 3. The minimum atomic E-state index is -0.311. The fraction of sp³-hybridized carbons (Fsp3) is 0.435. The van der Waals surface area contributed by atoms with E-state index < -0.39 is 0 Å². The maximum atomic E-state index is 13.2. The first-order valence-corrected chi connectivity index (χ1v) is 10.2. The van der Waals surface area contributed by atoms with Crippen LogP contribution in [0.1, 0.15) is 43.2 Å². The highest BCUT2D eigenvalue weighted by Gasteiger charge is 2.35. The van der Waals surface area contributed by atoms with Crippen LogP contribution < -0.4 is 0 Å². The van der Waals surface area contributed by atoms with Crippen LogP contribution in [-0.4, -0.2) is 54.2 Å². The molecule has 0 radical (unpaired) electrons. The molecule has 7 nitrogen and oxygen atoms in total. The van der Waals surface area contributed by atoms with Crippen LogP contribution in [0.4, 0.5) is 0 Å². The van der Waals surface area contributed by atoms with Crippen molar-refractivity contribution in [2.24, 2.45) is 11.0 Å². The van der Waals surface area contributed by atoms with E-state index in [0.717, 1.165) is 11.3 Å². The summed E-state index contributed by atoms with van der Waals surface area (Å²) in [4.78, 5) is 26.9. The number of hydrogen-bond acceptors (Lipinski definition) is 6. The fourth-order valence-corrected chi connectivity index (χ4v) is 3.60. The van der Waals surface area contributed by atoms with Gasteiger partial charge in [-0.2, -0.15) is 5.10 Å². The predicted molar refractivity (Wildman–Crippen MR) is 114 cm³/mol. The van der Waals surface area contributed by atoms with Crippen molar-refractivity contribution in [3.05, 3.63) is 59.5 Å². The molecule has 0 saturated carbocycles. The third-order valence-electron chi connectivity index (χ3n) is 5.36. The average molecular weight is 412 g/mol. The Morgan fingerprint density at radius 3 is 2.63 bits per heavy atom. The van der Waals surface area contributed by atoms with Gasteiger partial charge in [-0.05, 0) is 31.2 Å². The molecule has 0 spiro atoms. The molecule has 2 atom stereocenters. The topological polar surface area (TPSA) is 75.4 Å². The van der Waals surface area contributed by atoms with Crippen molar-refractivity contribution in [2.75, 3.05) is 26.7 Å². The van der Waals surface area contributed by atoms with E-state index in [4.69, 9.17) is 9.15 Å². The van der Waals surface area contributed by atoms with Gasteiger partial charge in [0.05, 0.1) is 31.5 Å². The Hall–Kier alpha value is -2.93. The number of rotatable bonds is 8. The number of ether oxygens (including phenoxy) is 1. The molecular formula is C23H29N3O4. The summed E-state index contributed by atoms with van der Waals surface area (Å²) in [5.41, 5.74) is 3.03. The molecule has 1 aromatic carbocycles. The molecule has 0 N–H and O–H groups in total. The second-order valence-electron chi connectivity index (χ2n) is 7.64. The lowest BCUT2D eigenvalue weighted by molar-refractivity contribution is -0.146. The van der Waals surface area contributed by atoms with Crippen molar-refractivity contribution in [3.8, 4) is 0 Å². The van der Waals surface area contributed by atoms with Gasteiger partial charge < -0.3 is 9.15 Å². The molecule has 1 aliphatic heterocycles. The van der Waals surface area contributed by atoms with Gasteiger partial charge in [-0.25, -0.2) is 5.01 Å². The molecule has 0 aliphatic carbocycles. The molecule has 1 aliphatic rings. The van der Waals surface area contributed by atoms with Gasteiger partial charge in [-0.1, -0.05) is 43.7 Å². The molecule has 2 heterocycles. The lowest BCUT2D eigenvalue weighted by Crippen LogP contribution is -2.41. The Balaban J connectivity index is 1.79. The molecule has 3 rings (SSSR count). The zero-order valence-corrected chi connectivity index (χ0v) is 18.0. The minimum absolute atomic E-state index is 0.127. The van der Waals surface area contributed by atoms with Gasteiger partial charge in [-0.3, -0.25) is 14.5 Å². The van der Waals surface area contributed by atoms with Gasteiger partial charge in [0.25, 0.3) is 5.91 Å². The van der Waals surface area contributed by atoms with E-state index in [2.05, 4.69) is 5.10 Å². The van der Waals surface area contributed by atoms with Crippen LogP contribution in [-0.2, 0) is 14.3 Å². The third-order valence-corrected chi connectivity index (χ3v) is 5.36. The second kappa shape index (κ2) is 9.71. The highest BCUT2D eigenvalue weighted by molar-refractivity contribution is 6.03. The van der Waals surface area contributed by atoms with E-state index in [1.165, 1.54) is 17.7 Å². The number of carbonyl (C=O) groups excluding carboxylic acids is 2. The molecule has 0 bridgehead atoms. The van der Waals surface area contributed by atoms with Crippen molar-refractivity contribution in [3.63, 3.8) is 0 Å². The van der Waals surface area contributed by atoms with Crippen LogP contribution in [0, 0.1) is 12.8 Å². The van der Waals surface area contributed by atoms with Crippen molar-refractivity contribution in [2.45, 2.75) is 33.2 Å². The number of furan rings is 1. The van der Waals surface area contributed by atoms with Crippen LogP contribution in [0.2, 0.25) is 0 Å². The number of hydrogen-bond donors (Lipinski definition) is 0. The van der Waals surface area contributed by atoms with Gasteiger partial charge in [0, 0.05) is 13.0 Å². The van der Waals surface area contributed by atoms with Gasteiger partial charge in [-0.15, -0.1) is 0 Å². The summed E-state index contributed by atoms with van der Waals surface area (Å²) in [5, 5.41) is 6.19. The van der Waals surface area contributed by atoms with Crippen LogP contribution >= 0.6 is 0 Å². The van der Waals surface area contributed by atoms with E-state index in [-0.39, 0.29) is 30.4 Å². The summed E-state index contributed by atoms with van der Waals surface area (Å²) in [7, 11) is 1.37. The van der Waals surface area contributed by atoms with Crippen LogP contribution in [0.15, 0.2) is 52.2 Å². The van der Waals surface area contributed by atoms with Crippen molar-refractivity contribution in [1.82, 2.24) is 9.91 Å². The van der Waals surface area contributed by atoms with Gasteiger partial charge in [0.1, 0.15) is 11.8 Å². The van der Waals surface area contributed by atoms with Crippen LogP contribution in [0.5, 0.6) is 0 Å². The van der Waals surface area contributed by atoms with E-state index in [1.54, 1.807) is 13.2 Å². The second-order valence-corrected chi connectivity index (χ2v) is 7.64. The number of methoxy groups -OCH3 is 1. The van der Waals surface area contributed by atoms with Gasteiger partial charge in [0.2, 0.25) is 0 Å². The first-order chi connectivity index (χ1) is 14.4. The SMILES string of the molecule is CCN(CC(=O)N1N=C(c2ccc(C)cc2)CC1c1ccco1)CC(C)C(=O)OC. The first-order valence-electron chi connectivity index (χ1n) is 10.2. The lowest BCUT2D eigenvalue weighted by Gasteiger charge is -2.26. The largest absolute Gasteiger partial charge is 0.469 e. The number of carbonyl (C=O) groups is 2. The highest BCUT2D eigenvalue weighted by atomic mass is 16.5. The van der Waals surface area contributed by atoms with Crippen molar-refractivity contribution in [1.29, 1.82) is 0 Å². The Bertz CT molecular complexity index is 890. The predicted octanol–water partition coefficient (Wildman–Crippen LogP) is 3.40. The number of benzene rings is 1. The first kappa shape index (κ1) is 21.8. The monoisotopic (exact) mass is 411 g/mol. The number of hydrazone groups is 1. The Labute approximate surface area is 177 Å². The van der Waals surface area contributed by atoms with Crippen molar-refractivity contribution < 1.29 is 18.7 Å². The summed E-state index contributed by atoms with van der Waals surface area (Å²) in [6.45, 7) is 7.06. The molecular weight excluding hydrogens is 382 g/mol. The Morgan fingerprint density at radius 1 is 1.30 bits per heavy atom. The minimum Gasteiger partial charge on any atom is -0.469 e. The number of esters is 1. The molecule has 160 valence electrons. The number of aryl methyl sites for hydroxylation is 1. The molecule has 7 heteroatoms. The fourth-order valence-electron chi connectivity index (χ4n) is 3.60. The zero-order valence-electron chi connectivity index (χ0n) is 18.0. The molecule has 2 unspecified atom stereocenters. The standard InChI is InChI=1S/C23H29N3O4/c1-5-25(14-17(3)23(28)29-4)15-22(27)26-20(21-7-6-12-30-21)13-19(24-26)18-10-8-16(2)9-11-18/h6-12,17,20H,5,13-15H2,1-4H3. The van der Waals surface area contributed by atoms with E-state index in [0.29, 0.717) is 25.3 Å². The Kier molecular flexibility index (Phi) is 7.05. The molecule has 1 amide bonds. The van der Waals surface area contributed by atoms with Crippen LogP contribution in [0.25, 0.3) is 0 Å². The average Bonchev–Trinajstić information content (AvgIpc) is 3.42. The summed E-state index contributed by atoms with van der Waals surface area (Å²) in [6.07, 6.45) is 2.20. The smallest absolute Gasteiger partial charge is 0.309 e. The molecule has 0 fully saturated rings. The quantitative estimate of drug-likeness (QED) is 0.623. The third kappa shape index (κ3) is 4.97. The maximum Gasteiger partial charge on any atom is 0.309 e. The zero-order chi connectivity index (χ0) is 21.7. The summed E-state index contributed by atoms with van der Waals surface area (Å²) in [5.74, 6) is -0.0124. The van der Waals surface area contributed by atoms with E-state index in [1.807, 2.05) is 55.1 Å². The van der Waals surface area contributed by atoms with Gasteiger partial charge in [0.15, 0.2) is 0 Å². The summed E-state index contributed by atoms with van der Waals surface area (Å²) >= 11 is 0. The highest BCUT2D eigenvalue weighted by Crippen LogP contribution is 2.33. The van der Waals surface area contributed by atoms with Gasteiger partial charge >= 0.3 is 5.97 Å². The lowest BCUT2D eigenvalue weighted by atomic mass is 10.0. The summed E-state index contributed by atoms with van der Waals surface area (Å²) in [6, 6.07) is 11.5. The van der Waals surface area contributed by atoms with Crippen LogP contribution in [0.3, 0.4) is 0 Å².